The van der Waals surface area contributed by atoms with Crippen LogP contribution in [0.1, 0.15) is 86.8 Å². The maximum absolute atomic E-state index is 17.4. The van der Waals surface area contributed by atoms with Gasteiger partial charge in [0.05, 0.1) is 83.4 Å². The Kier molecular flexibility index (Phi) is 15.5. The summed E-state index contributed by atoms with van der Waals surface area (Å²) < 4.78 is 713. The zero-order chi connectivity index (χ0) is 83.2. The number of hydrogen-bond donors (Lipinski definition) is 0. The van der Waals surface area contributed by atoms with E-state index in [1.165, 1.54) is 0 Å². The average molecular weight is 1670 g/mol. The standard InChI is InChI=1S/C54H10F45N9S/c1-6(5-100)4-7-15(43(67,68)69)14-28(109-7)36-104-34-13-12(20(41(65,50(88,89)90)51(91,92)93)26(59)27(60)21(13)42(66,52(94,95)96)53(97,98)99)33-102-32-11-10(18(39(63,46(76,77)78)47(79,80)81)24(57)25(58)19(11)40(64,48(82,83)84)49(85,86)87)31-101-29-8-9(30-103-35(14)108(36)54(105(29)30,106(31)32)107(33)34)17(38(3,62)45(73,74)75)23(56)22(55)16(8)37(2,61)44(70,71)72/h4H,1-3H3/q+2/b6-4-. The van der Waals surface area contributed by atoms with Crippen LogP contribution >= 0.6 is 11.3 Å². The van der Waals surface area contributed by atoms with Crippen LogP contribution in [0, 0.1) is 46.2 Å². The van der Waals surface area contributed by atoms with Gasteiger partial charge in [0.1, 0.15) is 4.70 Å². The zero-order valence-electron chi connectivity index (χ0n) is 50.0. The van der Waals surface area contributed by atoms with E-state index in [1.54, 1.807) is 0 Å². The molecular weight excluding hydrogens is 1660 g/mol. The van der Waals surface area contributed by atoms with Gasteiger partial charge in [-0.15, -0.1) is 20.5 Å². The van der Waals surface area contributed by atoms with Crippen molar-refractivity contribution in [1.29, 1.82) is 5.26 Å². The third-order valence-electron chi connectivity index (χ3n) is 17.9. The number of hydrogen-bond acceptors (Lipinski definition) is 6. The fraction of sp³-hybridized carbons (Fsp3) is 0.389. The van der Waals surface area contributed by atoms with Crippen LogP contribution in [-0.4, -0.2) is 103 Å². The molecular formula is C54H10F45N9S+2. The van der Waals surface area contributed by atoms with Crippen LogP contribution in [0.15, 0.2) is 25.5 Å². The summed E-state index contributed by atoms with van der Waals surface area (Å²) >= 11 is -1.05. The Bertz CT molecular complexity index is 5480. The first kappa shape index (κ1) is 79.4. The van der Waals surface area contributed by atoms with Crippen molar-refractivity contribution in [3.8, 4) is 6.07 Å². The molecule has 109 heavy (non-hydrogen) atoms. The summed E-state index contributed by atoms with van der Waals surface area (Å²) in [5, 5.41) is -1.63. The van der Waals surface area contributed by atoms with Gasteiger partial charge < -0.3 is 0 Å². The molecule has 0 amide bonds. The van der Waals surface area contributed by atoms with E-state index in [4.69, 9.17) is 0 Å². The molecule has 0 aliphatic carbocycles. The lowest BCUT2D eigenvalue weighted by molar-refractivity contribution is -0.790. The van der Waals surface area contributed by atoms with Gasteiger partial charge in [0.15, 0.2) is 34.9 Å². The molecule has 6 aromatic rings. The van der Waals surface area contributed by atoms with E-state index in [9.17, 15) is 5.26 Å². The van der Waals surface area contributed by atoms with E-state index < -0.39 is 325 Å². The van der Waals surface area contributed by atoms with Gasteiger partial charge in [-0.05, 0) is 26.8 Å². The van der Waals surface area contributed by atoms with Gasteiger partial charge >= 0.3 is 96.5 Å². The van der Waals surface area contributed by atoms with Crippen LogP contribution < -0.4 is 11.0 Å². The van der Waals surface area contributed by atoms with Crippen LogP contribution in [0.3, 0.4) is 0 Å². The number of thiophene rings is 1. The molecule has 9 heterocycles. The lowest BCUT2D eigenvalue weighted by Gasteiger charge is -2.41. The Morgan fingerprint density at radius 2 is 0.651 bits per heavy atom. The molecule has 12 rings (SSSR count). The van der Waals surface area contributed by atoms with Crippen molar-refractivity contribution in [1.82, 2.24) is 9.13 Å². The third-order valence-corrected chi connectivity index (χ3v) is 19.0. The maximum Gasteiger partial charge on any atom is 0.436 e. The number of nitrogens with zero attached hydrogens (tertiary/aromatic N) is 9. The number of rotatable bonds is 7. The zero-order valence-corrected chi connectivity index (χ0v) is 50.8. The molecule has 55 heteroatoms. The normalized spacial score (nSPS) is 19.2. The molecule has 590 valence electrons. The number of aliphatic imine (C=N–C) groups is 2. The number of nitriles is 1. The Labute approximate surface area is 566 Å². The highest BCUT2D eigenvalue weighted by molar-refractivity contribution is 7.21. The van der Waals surface area contributed by atoms with Crippen LogP contribution in [-0.2, 0) is 46.1 Å². The van der Waals surface area contributed by atoms with Crippen molar-refractivity contribution in [3.63, 3.8) is 0 Å². The Morgan fingerprint density at radius 1 is 0.367 bits per heavy atom. The summed E-state index contributed by atoms with van der Waals surface area (Å²) in [4.78, 5) is 9.81. The molecule has 3 aromatic carbocycles. The van der Waals surface area contributed by atoms with Gasteiger partial charge in [-0.2, -0.15) is 159 Å². The Balaban J connectivity index is 1.62. The highest BCUT2D eigenvalue weighted by Crippen LogP contribution is 2.67. The second-order valence-corrected chi connectivity index (χ2v) is 25.0. The summed E-state index contributed by atoms with van der Waals surface area (Å²) in [5.41, 5.74) is -102. The van der Waals surface area contributed by atoms with Crippen LogP contribution in [0.25, 0.3) is 26.9 Å². The lowest BCUT2D eigenvalue weighted by Crippen LogP contribution is -2.71. The van der Waals surface area contributed by atoms with Crippen molar-refractivity contribution in [2.24, 2.45) is 20.0 Å². The number of aromatic nitrogens is 2. The minimum Gasteiger partial charge on any atom is -0.229 e. The maximum atomic E-state index is 17.4. The number of benzene rings is 3. The highest BCUT2D eigenvalue weighted by atomic mass is 32.1. The van der Waals surface area contributed by atoms with E-state index in [2.05, 4.69) is 20.0 Å². The average Bonchev–Trinajstić information content (AvgIpc) is 1.45. The van der Waals surface area contributed by atoms with E-state index in [-0.39, 0.29) is 6.08 Å². The van der Waals surface area contributed by atoms with Crippen LogP contribution in [0.2, 0.25) is 0 Å². The second kappa shape index (κ2) is 21.3. The van der Waals surface area contributed by atoms with Crippen molar-refractivity contribution >= 4 is 73.2 Å². The first-order valence-corrected chi connectivity index (χ1v) is 28.3. The number of allylic oxidation sites excluding steroid dienone is 1. The molecule has 3 unspecified atom stereocenters. The molecule has 3 atom stereocenters. The molecule has 0 radical (unpaired) electrons. The van der Waals surface area contributed by atoms with Crippen molar-refractivity contribution in [2.45, 2.75) is 129 Å². The largest absolute Gasteiger partial charge is 0.436 e. The second-order valence-electron chi connectivity index (χ2n) is 24.0. The van der Waals surface area contributed by atoms with Gasteiger partial charge in [0, 0.05) is 10.5 Å². The van der Waals surface area contributed by atoms with E-state index in [0.29, 0.717) is 6.92 Å². The van der Waals surface area contributed by atoms with Gasteiger partial charge in [-0.1, -0.05) is 20.0 Å². The van der Waals surface area contributed by atoms with Crippen LogP contribution in [0.5, 0.6) is 0 Å². The molecule has 0 bridgehead atoms. The number of halogens is 45. The predicted octanol–water partition coefficient (Wildman–Crippen LogP) is 19.2. The number of fused-ring (bicyclic) bond motifs is 12. The molecule has 0 N–H and O–H groups in total. The van der Waals surface area contributed by atoms with Gasteiger partial charge in [0.25, 0.3) is 23.3 Å². The van der Waals surface area contributed by atoms with Gasteiger partial charge in [0.2, 0.25) is 33.9 Å². The summed E-state index contributed by atoms with van der Waals surface area (Å²) in [6, 6.07) is 1.05. The summed E-state index contributed by atoms with van der Waals surface area (Å²) in [5.74, 6) is -54.7. The molecule has 0 saturated carbocycles. The molecule has 1 spiro atoms. The monoisotopic (exact) mass is 1670 g/mol. The molecule has 6 aliphatic rings. The Hall–Kier alpha value is -9.20. The molecule has 6 aliphatic heterocycles. The predicted molar refractivity (Wildman–Crippen MR) is 264 cm³/mol. The minimum absolute atomic E-state index is 0.135. The smallest absolute Gasteiger partial charge is 0.229 e. The fourth-order valence-corrected chi connectivity index (χ4v) is 14.6. The lowest BCUT2D eigenvalue weighted by atomic mass is 9.80. The number of alkyl halides is 39. The Morgan fingerprint density at radius 3 is 0.972 bits per heavy atom. The molecule has 0 fully saturated rings. The van der Waals surface area contributed by atoms with Gasteiger partial charge in [-0.25, -0.2) is 52.7 Å². The first-order chi connectivity index (χ1) is 48.6. The summed E-state index contributed by atoms with van der Waals surface area (Å²) in [7, 11) is 0. The van der Waals surface area contributed by atoms with E-state index in [1.807, 2.05) is 0 Å². The van der Waals surface area contributed by atoms with Crippen molar-refractivity contribution in [3.05, 3.63) is 118 Å². The van der Waals surface area contributed by atoms with Crippen molar-refractivity contribution < 1.29 is 207 Å². The van der Waals surface area contributed by atoms with Crippen molar-refractivity contribution in [2.75, 3.05) is 0 Å². The summed E-state index contributed by atoms with van der Waals surface area (Å²) in [6.45, 7) is -2.06. The summed E-state index contributed by atoms with van der Waals surface area (Å²) in [6.07, 6.45) is -90.3. The highest BCUT2D eigenvalue weighted by Gasteiger charge is 2.84. The van der Waals surface area contributed by atoms with Gasteiger partial charge in [-0.3, -0.25) is 0 Å². The SMILES string of the molecule is C/C(C#N)=C/c1sc2c3n4c(c2c1C(F)(F)F)N=C1c2c(c(C(C)(F)C(F)(F)F)c(F)c(F)c2C(C)(F)C(F)(F)F)C2=[N+]1C41n4c(c5c(C(F)(C(F)(F)F)C(F)(F)F)c(F)c(F)c(C(F)(C(F)(F)F)C(F)(F)F)c5c4=NC4=[N+]1C(=N3)c1c4c(C(F)(C(F)(F)F)C(F)(F)F)c(F)c(F)c1C(F)(C(F)(F)F)C(F)(F)F)=N2. The van der Waals surface area contributed by atoms with E-state index >= 15 is 198 Å². The fourth-order valence-electron chi connectivity index (χ4n) is 13.3. The number of amidine groups is 4. The molecule has 9 nitrogen and oxygen atoms in total. The third kappa shape index (κ3) is 9.00. The quantitative estimate of drug-likeness (QED) is 0.0890. The first-order valence-electron chi connectivity index (χ1n) is 27.4. The van der Waals surface area contributed by atoms with E-state index in [0.717, 1.165) is 6.07 Å². The molecule has 0 saturated heterocycles. The topological polar surface area (TPSA) is 89.1 Å². The molecule has 3 aromatic heterocycles. The van der Waals surface area contributed by atoms with Crippen LogP contribution in [0.4, 0.5) is 209 Å². The minimum atomic E-state index is -8.63.